The molecule has 2 aromatic heterocycles. The third-order valence-electron chi connectivity index (χ3n) is 2.61. The van der Waals surface area contributed by atoms with E-state index in [0.29, 0.717) is 5.89 Å². The van der Waals surface area contributed by atoms with Gasteiger partial charge in [0.15, 0.2) is 0 Å². The van der Waals surface area contributed by atoms with Crippen LogP contribution in [0, 0.1) is 0 Å². The van der Waals surface area contributed by atoms with E-state index in [1.54, 1.807) is 0 Å². The lowest BCUT2D eigenvalue weighted by Gasteiger charge is -2.04. The van der Waals surface area contributed by atoms with Gasteiger partial charge in [0.1, 0.15) is 4.90 Å². The van der Waals surface area contributed by atoms with E-state index in [-0.39, 0.29) is 21.9 Å². The van der Waals surface area contributed by atoms with Crippen LogP contribution in [0.1, 0.15) is 24.7 Å². The van der Waals surface area contributed by atoms with E-state index >= 15 is 0 Å². The van der Waals surface area contributed by atoms with Crippen LogP contribution in [0.15, 0.2) is 27.8 Å². The molecule has 0 unspecified atom stereocenters. The average molecular weight is 301 g/mol. The molecule has 9 heteroatoms. The number of pyridine rings is 1. The summed E-state index contributed by atoms with van der Waals surface area (Å²) in [5.41, 5.74) is 0. The summed E-state index contributed by atoms with van der Waals surface area (Å²) in [7, 11) is -3.88. The number of rotatable bonds is 4. The van der Waals surface area contributed by atoms with Crippen molar-refractivity contribution in [1.29, 1.82) is 0 Å². The zero-order valence-corrected chi connectivity index (χ0v) is 11.1. The van der Waals surface area contributed by atoms with Gasteiger partial charge in [-0.1, -0.05) is 16.7 Å². The molecule has 0 bridgehead atoms. The zero-order chi connectivity index (χ0) is 13.5. The molecule has 100 valence electrons. The highest BCUT2D eigenvalue weighted by molar-refractivity contribution is 7.92. The second kappa shape index (κ2) is 4.46. The van der Waals surface area contributed by atoms with Gasteiger partial charge in [-0.15, -0.1) is 5.10 Å². The molecule has 0 amide bonds. The predicted octanol–water partition coefficient (Wildman–Crippen LogP) is 1.80. The Morgan fingerprint density at radius 1 is 1.37 bits per heavy atom. The summed E-state index contributed by atoms with van der Waals surface area (Å²) in [4.78, 5) is 3.59. The van der Waals surface area contributed by atoms with E-state index in [1.165, 1.54) is 12.3 Å². The molecule has 1 fully saturated rings. The van der Waals surface area contributed by atoms with Crippen LogP contribution in [0.25, 0.3) is 0 Å². The fourth-order valence-corrected chi connectivity index (χ4v) is 2.86. The van der Waals surface area contributed by atoms with E-state index in [1.807, 2.05) is 0 Å². The van der Waals surface area contributed by atoms with Crippen molar-refractivity contribution < 1.29 is 12.8 Å². The molecule has 0 spiro atoms. The second-order valence-corrected chi connectivity index (χ2v) is 6.19. The predicted molar refractivity (Wildman–Crippen MR) is 66.3 cm³/mol. The molecule has 3 rings (SSSR count). The van der Waals surface area contributed by atoms with E-state index in [9.17, 15) is 8.42 Å². The first-order valence-corrected chi connectivity index (χ1v) is 7.38. The Kier molecular flexibility index (Phi) is 2.90. The van der Waals surface area contributed by atoms with Crippen LogP contribution in [-0.2, 0) is 10.0 Å². The van der Waals surface area contributed by atoms with Gasteiger partial charge in [-0.3, -0.25) is 4.98 Å². The van der Waals surface area contributed by atoms with E-state index in [4.69, 9.17) is 16.0 Å². The minimum atomic E-state index is -3.88. The van der Waals surface area contributed by atoms with Gasteiger partial charge in [-0.05, 0) is 18.9 Å². The number of hydrogen-bond acceptors (Lipinski definition) is 6. The first-order chi connectivity index (χ1) is 9.06. The molecule has 0 saturated heterocycles. The number of nitrogens with one attached hydrogen (secondary N) is 1. The average Bonchev–Trinajstić information content (AvgIpc) is 3.11. The molecule has 1 N–H and O–H groups in total. The maximum absolute atomic E-state index is 12.1. The van der Waals surface area contributed by atoms with Crippen LogP contribution in [-0.4, -0.2) is 23.6 Å². The fraction of sp³-hybridized carbons (Fsp3) is 0.300. The molecule has 0 radical (unpaired) electrons. The molecule has 19 heavy (non-hydrogen) atoms. The molecule has 2 aromatic rings. The molecule has 0 atom stereocenters. The van der Waals surface area contributed by atoms with Crippen LogP contribution in [0.4, 0.5) is 6.01 Å². The fourth-order valence-electron chi connectivity index (χ4n) is 1.50. The van der Waals surface area contributed by atoms with E-state index in [2.05, 4.69) is 19.9 Å². The highest BCUT2D eigenvalue weighted by Gasteiger charge is 2.30. The summed E-state index contributed by atoms with van der Waals surface area (Å²) in [6.45, 7) is 0. The standard InChI is InChI=1S/C10H9ClN4O3S/c11-7-3-4-12-5-8(7)19(16,17)15-10-14-13-9(18-10)6-1-2-6/h3-6H,1-2H2,(H,14,15). The van der Waals surface area contributed by atoms with Crippen LogP contribution in [0.2, 0.25) is 5.02 Å². The summed E-state index contributed by atoms with van der Waals surface area (Å²) in [5.74, 6) is 0.711. The first-order valence-electron chi connectivity index (χ1n) is 5.52. The highest BCUT2D eigenvalue weighted by atomic mass is 35.5. The SMILES string of the molecule is O=S(=O)(Nc1nnc(C2CC2)o1)c1cnccc1Cl. The largest absolute Gasteiger partial charge is 0.407 e. The van der Waals surface area contributed by atoms with Gasteiger partial charge in [-0.2, -0.15) is 0 Å². The summed E-state index contributed by atoms with van der Waals surface area (Å²) >= 11 is 5.81. The Labute approximate surface area is 114 Å². The molecule has 7 nitrogen and oxygen atoms in total. The number of aromatic nitrogens is 3. The summed E-state index contributed by atoms with van der Waals surface area (Å²) in [5, 5.41) is 7.51. The topological polar surface area (TPSA) is 98.0 Å². The molecule has 1 aliphatic carbocycles. The van der Waals surface area contributed by atoms with E-state index < -0.39 is 10.0 Å². The molecule has 0 aliphatic heterocycles. The van der Waals surface area contributed by atoms with Crippen molar-refractivity contribution in [2.75, 3.05) is 4.72 Å². The van der Waals surface area contributed by atoms with Gasteiger partial charge >= 0.3 is 6.01 Å². The van der Waals surface area contributed by atoms with Crippen LogP contribution in [0.3, 0.4) is 0 Å². The van der Waals surface area contributed by atoms with Crippen molar-refractivity contribution in [2.45, 2.75) is 23.7 Å². The smallest absolute Gasteiger partial charge is 0.329 e. The third kappa shape index (κ3) is 2.54. The quantitative estimate of drug-likeness (QED) is 0.924. The van der Waals surface area contributed by atoms with Crippen molar-refractivity contribution in [1.82, 2.24) is 15.2 Å². The minimum absolute atomic E-state index is 0.0735. The molecule has 2 heterocycles. The number of hydrogen-bond donors (Lipinski definition) is 1. The zero-order valence-electron chi connectivity index (χ0n) is 9.58. The Balaban J connectivity index is 1.86. The van der Waals surface area contributed by atoms with Crippen LogP contribution >= 0.6 is 11.6 Å². The van der Waals surface area contributed by atoms with Gasteiger partial charge in [0.25, 0.3) is 10.0 Å². The van der Waals surface area contributed by atoms with Crippen LogP contribution in [0.5, 0.6) is 0 Å². The van der Waals surface area contributed by atoms with Crippen molar-refractivity contribution >= 4 is 27.6 Å². The number of halogens is 1. The number of sulfonamides is 1. The van der Waals surface area contributed by atoms with Crippen molar-refractivity contribution in [2.24, 2.45) is 0 Å². The van der Waals surface area contributed by atoms with Crippen molar-refractivity contribution in [3.05, 3.63) is 29.4 Å². The first kappa shape index (κ1) is 12.4. The summed E-state index contributed by atoms with van der Waals surface area (Å²) in [6.07, 6.45) is 4.54. The lowest BCUT2D eigenvalue weighted by Crippen LogP contribution is -2.14. The minimum Gasteiger partial charge on any atom is -0.407 e. The Morgan fingerprint density at radius 2 is 2.16 bits per heavy atom. The number of anilines is 1. The molecule has 1 aliphatic rings. The van der Waals surface area contributed by atoms with Gasteiger partial charge in [-0.25, -0.2) is 13.1 Å². The molecule has 0 aromatic carbocycles. The summed E-state index contributed by atoms with van der Waals surface area (Å²) < 4.78 is 31.5. The van der Waals surface area contributed by atoms with Gasteiger partial charge in [0.2, 0.25) is 5.89 Å². The van der Waals surface area contributed by atoms with Gasteiger partial charge in [0, 0.05) is 18.3 Å². The molecular formula is C10H9ClN4O3S. The normalized spacial score (nSPS) is 15.4. The monoisotopic (exact) mass is 300 g/mol. The van der Waals surface area contributed by atoms with Crippen molar-refractivity contribution in [3.63, 3.8) is 0 Å². The second-order valence-electron chi connectivity index (χ2n) is 4.13. The van der Waals surface area contributed by atoms with E-state index in [0.717, 1.165) is 19.0 Å². The molecule has 1 saturated carbocycles. The summed E-state index contributed by atoms with van der Waals surface area (Å²) in [6, 6.07) is 1.22. The Hall–Kier alpha value is -1.67. The number of nitrogens with zero attached hydrogens (tertiary/aromatic N) is 3. The Bertz CT molecular complexity index is 711. The van der Waals surface area contributed by atoms with Gasteiger partial charge in [0.05, 0.1) is 5.02 Å². The lowest BCUT2D eigenvalue weighted by molar-refractivity contribution is 0.510. The third-order valence-corrected chi connectivity index (χ3v) is 4.40. The van der Waals surface area contributed by atoms with Crippen LogP contribution < -0.4 is 4.72 Å². The van der Waals surface area contributed by atoms with Crippen molar-refractivity contribution in [3.8, 4) is 0 Å². The Morgan fingerprint density at radius 3 is 2.84 bits per heavy atom. The maximum Gasteiger partial charge on any atom is 0.329 e. The maximum atomic E-state index is 12.1. The molecular weight excluding hydrogens is 292 g/mol. The lowest BCUT2D eigenvalue weighted by atomic mass is 10.4. The highest BCUT2D eigenvalue weighted by Crippen LogP contribution is 2.39. The van der Waals surface area contributed by atoms with Gasteiger partial charge < -0.3 is 4.42 Å².